The number of aryl methyl sites for hydroxylation is 1. The molecule has 2 aromatic carbocycles. The van der Waals surface area contributed by atoms with Crippen molar-refractivity contribution in [1.82, 2.24) is 0 Å². The Morgan fingerprint density at radius 2 is 2.00 bits per heavy atom. The predicted octanol–water partition coefficient (Wildman–Crippen LogP) is 4.03. The molecule has 0 fully saturated rings. The highest BCUT2D eigenvalue weighted by Crippen LogP contribution is 2.27. The van der Waals surface area contributed by atoms with Gasteiger partial charge >= 0.3 is 0 Å². The molecule has 0 saturated carbocycles. The first-order chi connectivity index (χ1) is 9.47. The largest absolute Gasteiger partial charge is 0.389 e. The molecule has 0 amide bonds. The lowest BCUT2D eigenvalue weighted by Gasteiger charge is -2.21. The van der Waals surface area contributed by atoms with Gasteiger partial charge < -0.3 is 10.6 Å². The van der Waals surface area contributed by atoms with Crippen LogP contribution in [0.15, 0.2) is 46.9 Å². The normalized spacial score (nSPS) is 10.3. The first kappa shape index (κ1) is 15.0. The van der Waals surface area contributed by atoms with Crippen LogP contribution in [0.25, 0.3) is 0 Å². The van der Waals surface area contributed by atoms with E-state index in [9.17, 15) is 0 Å². The van der Waals surface area contributed by atoms with Crippen LogP contribution in [0.2, 0.25) is 0 Å². The van der Waals surface area contributed by atoms with Crippen LogP contribution in [-0.4, -0.2) is 12.0 Å². The first-order valence-electron chi connectivity index (χ1n) is 6.33. The number of halogens is 1. The zero-order valence-corrected chi connectivity index (χ0v) is 14.0. The van der Waals surface area contributed by atoms with Crippen molar-refractivity contribution in [1.29, 1.82) is 0 Å². The van der Waals surface area contributed by atoms with E-state index in [1.165, 1.54) is 11.1 Å². The van der Waals surface area contributed by atoms with E-state index in [1.807, 2.05) is 18.2 Å². The second-order valence-electron chi connectivity index (χ2n) is 4.88. The summed E-state index contributed by atoms with van der Waals surface area (Å²) in [6.45, 7) is 2.96. The highest BCUT2D eigenvalue weighted by molar-refractivity contribution is 9.10. The Bertz CT molecular complexity index is 640. The molecule has 0 aliphatic rings. The fourth-order valence-electron chi connectivity index (χ4n) is 2.14. The van der Waals surface area contributed by atoms with Gasteiger partial charge in [0.2, 0.25) is 0 Å². The van der Waals surface area contributed by atoms with Crippen LogP contribution in [0.5, 0.6) is 0 Å². The van der Waals surface area contributed by atoms with Gasteiger partial charge in [-0.2, -0.15) is 0 Å². The molecule has 0 spiro atoms. The fraction of sp³-hybridized carbons (Fsp3) is 0.188. The van der Waals surface area contributed by atoms with Crippen LogP contribution >= 0.6 is 28.1 Å². The summed E-state index contributed by atoms with van der Waals surface area (Å²) in [6, 6.07) is 14.5. The van der Waals surface area contributed by atoms with E-state index in [-0.39, 0.29) is 0 Å². The molecule has 2 N–H and O–H groups in total. The lowest BCUT2D eigenvalue weighted by molar-refractivity contribution is 0.918. The van der Waals surface area contributed by atoms with Gasteiger partial charge in [0.25, 0.3) is 0 Å². The first-order valence-corrected chi connectivity index (χ1v) is 7.53. The van der Waals surface area contributed by atoms with E-state index < -0.39 is 0 Å². The van der Waals surface area contributed by atoms with Crippen LogP contribution < -0.4 is 10.6 Å². The van der Waals surface area contributed by atoms with Crippen molar-refractivity contribution >= 4 is 38.8 Å². The van der Waals surface area contributed by atoms with Crippen LogP contribution in [0, 0.1) is 6.92 Å². The maximum absolute atomic E-state index is 5.65. The molecule has 4 heteroatoms. The predicted molar refractivity (Wildman–Crippen MR) is 93.3 cm³/mol. The zero-order valence-electron chi connectivity index (χ0n) is 11.6. The maximum Gasteiger partial charge on any atom is 0.104 e. The van der Waals surface area contributed by atoms with E-state index in [2.05, 4.69) is 59.1 Å². The zero-order chi connectivity index (χ0) is 14.7. The van der Waals surface area contributed by atoms with Gasteiger partial charge in [-0.15, -0.1) is 0 Å². The number of nitrogens with two attached hydrogens (primary N) is 1. The molecular formula is C16H17BrN2S. The molecule has 2 nitrogen and oxygen atoms in total. The highest BCUT2D eigenvalue weighted by Gasteiger charge is 2.08. The van der Waals surface area contributed by atoms with E-state index in [4.69, 9.17) is 18.0 Å². The summed E-state index contributed by atoms with van der Waals surface area (Å²) < 4.78 is 0.998. The van der Waals surface area contributed by atoms with Crippen molar-refractivity contribution in [2.24, 2.45) is 5.73 Å². The smallest absolute Gasteiger partial charge is 0.104 e. The summed E-state index contributed by atoms with van der Waals surface area (Å²) in [5.41, 5.74) is 10.2. The maximum atomic E-state index is 5.65. The summed E-state index contributed by atoms with van der Waals surface area (Å²) in [5.74, 6) is 0. The quantitative estimate of drug-likeness (QED) is 0.845. The lowest BCUT2D eigenvalue weighted by Crippen LogP contribution is -2.17. The molecule has 104 valence electrons. The van der Waals surface area contributed by atoms with E-state index in [0.29, 0.717) is 4.99 Å². The third-order valence-corrected chi connectivity index (χ3v) is 4.02. The van der Waals surface area contributed by atoms with Crippen molar-refractivity contribution < 1.29 is 0 Å². The van der Waals surface area contributed by atoms with Gasteiger partial charge in [-0.05, 0) is 46.6 Å². The molecule has 0 bridgehead atoms. The minimum absolute atomic E-state index is 0.415. The van der Waals surface area contributed by atoms with Crippen molar-refractivity contribution in [3.05, 3.63) is 63.6 Å². The molecule has 0 aromatic heterocycles. The van der Waals surface area contributed by atoms with Gasteiger partial charge in [0.1, 0.15) is 4.99 Å². The number of rotatable bonds is 4. The molecule has 0 atom stereocenters. The van der Waals surface area contributed by atoms with Gasteiger partial charge in [0, 0.05) is 23.6 Å². The Morgan fingerprint density at radius 1 is 1.25 bits per heavy atom. The third kappa shape index (κ3) is 3.58. The SMILES string of the molecule is Cc1cccc(CN(C)c2ccc(C(N)=S)cc2Br)c1. The molecule has 0 heterocycles. The summed E-state index contributed by atoms with van der Waals surface area (Å²) in [4.78, 5) is 2.61. The van der Waals surface area contributed by atoms with Crippen LogP contribution in [0.3, 0.4) is 0 Å². The van der Waals surface area contributed by atoms with Crippen LogP contribution in [-0.2, 0) is 6.54 Å². The van der Waals surface area contributed by atoms with Crippen LogP contribution in [0.1, 0.15) is 16.7 Å². The van der Waals surface area contributed by atoms with Crippen molar-refractivity contribution in [3.8, 4) is 0 Å². The van der Waals surface area contributed by atoms with Crippen LogP contribution in [0.4, 0.5) is 5.69 Å². The molecule has 0 saturated heterocycles. The minimum atomic E-state index is 0.415. The number of nitrogens with zero attached hydrogens (tertiary/aromatic N) is 1. The Hall–Kier alpha value is -1.39. The Kier molecular flexibility index (Phi) is 4.78. The minimum Gasteiger partial charge on any atom is -0.389 e. The average Bonchev–Trinajstić information content (AvgIpc) is 2.38. The van der Waals surface area contributed by atoms with Gasteiger partial charge in [0.15, 0.2) is 0 Å². The molecule has 0 aliphatic carbocycles. The Balaban J connectivity index is 2.21. The fourth-order valence-corrected chi connectivity index (χ4v) is 2.95. The third-order valence-electron chi connectivity index (χ3n) is 3.15. The summed E-state index contributed by atoms with van der Waals surface area (Å²) >= 11 is 8.58. The van der Waals surface area contributed by atoms with Gasteiger partial charge in [-0.1, -0.05) is 42.0 Å². The average molecular weight is 349 g/mol. The second kappa shape index (κ2) is 6.37. The van der Waals surface area contributed by atoms with E-state index >= 15 is 0 Å². The number of hydrogen-bond donors (Lipinski definition) is 1. The monoisotopic (exact) mass is 348 g/mol. The Morgan fingerprint density at radius 3 is 2.60 bits per heavy atom. The van der Waals surface area contributed by atoms with Crippen molar-refractivity contribution in [3.63, 3.8) is 0 Å². The molecular weight excluding hydrogens is 332 g/mol. The molecule has 2 rings (SSSR count). The number of hydrogen-bond acceptors (Lipinski definition) is 2. The standard InChI is InChI=1S/C16H17BrN2S/c1-11-4-3-5-12(8-11)10-19(2)15-7-6-13(16(18)20)9-14(15)17/h3-9H,10H2,1-2H3,(H2,18,20). The molecule has 0 unspecified atom stereocenters. The van der Waals surface area contributed by atoms with Gasteiger partial charge in [-0.25, -0.2) is 0 Å². The number of thiocarbonyl (C=S) groups is 1. The van der Waals surface area contributed by atoms with E-state index in [0.717, 1.165) is 22.3 Å². The summed E-state index contributed by atoms with van der Waals surface area (Å²) in [6.07, 6.45) is 0. The van der Waals surface area contributed by atoms with Gasteiger partial charge in [-0.3, -0.25) is 0 Å². The topological polar surface area (TPSA) is 29.3 Å². The van der Waals surface area contributed by atoms with E-state index in [1.54, 1.807) is 0 Å². The molecule has 0 radical (unpaired) electrons. The number of anilines is 1. The summed E-state index contributed by atoms with van der Waals surface area (Å²) in [5, 5.41) is 0. The molecule has 20 heavy (non-hydrogen) atoms. The highest BCUT2D eigenvalue weighted by atomic mass is 79.9. The lowest BCUT2D eigenvalue weighted by atomic mass is 10.1. The summed E-state index contributed by atoms with van der Waals surface area (Å²) in [7, 11) is 2.07. The molecule has 2 aromatic rings. The van der Waals surface area contributed by atoms with Gasteiger partial charge in [0.05, 0.1) is 5.69 Å². The second-order valence-corrected chi connectivity index (χ2v) is 6.17. The molecule has 0 aliphatic heterocycles. The van der Waals surface area contributed by atoms with Crippen molar-refractivity contribution in [2.45, 2.75) is 13.5 Å². The number of benzene rings is 2. The Labute approximate surface area is 133 Å². The van der Waals surface area contributed by atoms with Crippen molar-refractivity contribution in [2.75, 3.05) is 11.9 Å².